The minimum Gasteiger partial charge on any atom is -0.444 e. The standard InChI is InChI=1S/C20H23ClN2O3S/c1-13(22-19(25)26-20(2,3)4)18(24)23-17-11-10-15(12-16(17)21)27-14-8-6-5-7-9-14/h5-13H,1-4H3,(H,22,25)(H,23,24)/t13-/m1/s1. The highest BCUT2D eigenvalue weighted by molar-refractivity contribution is 7.99. The second kappa shape index (κ2) is 9.15. The van der Waals surface area contributed by atoms with Crippen molar-refractivity contribution in [3.8, 4) is 0 Å². The molecule has 1 atom stereocenters. The highest BCUT2D eigenvalue weighted by atomic mass is 35.5. The molecule has 2 rings (SSSR count). The highest BCUT2D eigenvalue weighted by Gasteiger charge is 2.21. The molecule has 7 heteroatoms. The Kier molecular flexibility index (Phi) is 7.16. The lowest BCUT2D eigenvalue weighted by Crippen LogP contribution is -2.44. The van der Waals surface area contributed by atoms with E-state index < -0.39 is 17.7 Å². The number of hydrogen-bond donors (Lipinski definition) is 2. The van der Waals surface area contributed by atoms with Crippen LogP contribution in [0.4, 0.5) is 10.5 Å². The van der Waals surface area contributed by atoms with Gasteiger partial charge in [-0.3, -0.25) is 4.79 Å². The van der Waals surface area contributed by atoms with Gasteiger partial charge in [-0.25, -0.2) is 4.79 Å². The summed E-state index contributed by atoms with van der Waals surface area (Å²) in [7, 11) is 0. The Morgan fingerprint density at radius 3 is 2.33 bits per heavy atom. The molecule has 0 bridgehead atoms. The summed E-state index contributed by atoms with van der Waals surface area (Å²) in [4.78, 5) is 26.1. The molecular weight excluding hydrogens is 384 g/mol. The number of rotatable bonds is 5. The van der Waals surface area contributed by atoms with Crippen LogP contribution in [0.3, 0.4) is 0 Å². The molecule has 2 aromatic carbocycles. The van der Waals surface area contributed by atoms with Crippen LogP contribution in [-0.2, 0) is 9.53 Å². The molecule has 0 saturated heterocycles. The molecule has 0 aromatic heterocycles. The Labute approximate surface area is 168 Å². The smallest absolute Gasteiger partial charge is 0.408 e. The average Bonchev–Trinajstić information content (AvgIpc) is 2.56. The summed E-state index contributed by atoms with van der Waals surface area (Å²) in [5, 5.41) is 5.64. The fraction of sp³-hybridized carbons (Fsp3) is 0.300. The van der Waals surface area contributed by atoms with Gasteiger partial charge in [0.15, 0.2) is 0 Å². The number of anilines is 1. The molecule has 2 amide bonds. The largest absolute Gasteiger partial charge is 0.444 e. The first kappa shape index (κ1) is 21.1. The van der Waals surface area contributed by atoms with Crippen molar-refractivity contribution in [3.05, 3.63) is 53.6 Å². The third kappa shape index (κ3) is 7.15. The molecule has 0 fully saturated rings. The molecule has 0 radical (unpaired) electrons. The number of amides is 2. The van der Waals surface area contributed by atoms with E-state index in [2.05, 4.69) is 10.6 Å². The molecule has 144 valence electrons. The van der Waals surface area contributed by atoms with Gasteiger partial charge in [-0.15, -0.1) is 0 Å². The number of alkyl carbamates (subject to hydrolysis) is 1. The predicted octanol–water partition coefficient (Wildman–Crippen LogP) is 5.34. The van der Waals surface area contributed by atoms with E-state index >= 15 is 0 Å². The first-order chi connectivity index (χ1) is 12.6. The molecule has 27 heavy (non-hydrogen) atoms. The van der Waals surface area contributed by atoms with Crippen molar-refractivity contribution < 1.29 is 14.3 Å². The molecule has 0 aliphatic carbocycles. The van der Waals surface area contributed by atoms with Crippen molar-refractivity contribution >= 4 is 41.1 Å². The fourth-order valence-electron chi connectivity index (χ4n) is 2.08. The van der Waals surface area contributed by atoms with E-state index in [1.807, 2.05) is 36.4 Å². The summed E-state index contributed by atoms with van der Waals surface area (Å²) in [6.45, 7) is 6.84. The Morgan fingerprint density at radius 1 is 1.07 bits per heavy atom. The van der Waals surface area contributed by atoms with E-state index in [0.29, 0.717) is 10.7 Å². The van der Waals surface area contributed by atoms with Crippen LogP contribution in [0.15, 0.2) is 58.3 Å². The summed E-state index contributed by atoms with van der Waals surface area (Å²) < 4.78 is 5.15. The summed E-state index contributed by atoms with van der Waals surface area (Å²) in [5.74, 6) is -0.383. The van der Waals surface area contributed by atoms with Gasteiger partial charge in [-0.1, -0.05) is 41.6 Å². The molecule has 0 aliphatic heterocycles. The lowest BCUT2D eigenvalue weighted by Gasteiger charge is -2.21. The van der Waals surface area contributed by atoms with Crippen molar-refractivity contribution in [2.24, 2.45) is 0 Å². The van der Waals surface area contributed by atoms with Crippen LogP contribution in [0.2, 0.25) is 5.02 Å². The van der Waals surface area contributed by atoms with Gasteiger partial charge in [0.05, 0.1) is 10.7 Å². The highest BCUT2D eigenvalue weighted by Crippen LogP contribution is 2.32. The average molecular weight is 407 g/mol. The number of ether oxygens (including phenoxy) is 1. The number of benzene rings is 2. The lowest BCUT2D eigenvalue weighted by molar-refractivity contribution is -0.117. The first-order valence-corrected chi connectivity index (χ1v) is 9.66. The number of carbonyl (C=O) groups excluding carboxylic acids is 2. The van der Waals surface area contributed by atoms with Crippen molar-refractivity contribution in [3.63, 3.8) is 0 Å². The van der Waals surface area contributed by atoms with Gasteiger partial charge in [0.2, 0.25) is 5.91 Å². The molecule has 0 spiro atoms. The molecule has 0 heterocycles. The summed E-state index contributed by atoms with van der Waals surface area (Å²) >= 11 is 7.88. The summed E-state index contributed by atoms with van der Waals surface area (Å²) in [5.41, 5.74) is -0.146. The molecule has 2 aromatic rings. The van der Waals surface area contributed by atoms with Crippen LogP contribution in [0.25, 0.3) is 0 Å². The van der Waals surface area contributed by atoms with E-state index in [1.54, 1.807) is 51.6 Å². The molecule has 5 nitrogen and oxygen atoms in total. The topological polar surface area (TPSA) is 67.4 Å². The van der Waals surface area contributed by atoms with Gasteiger partial charge in [0.1, 0.15) is 11.6 Å². The number of hydrogen-bond acceptors (Lipinski definition) is 4. The third-order valence-electron chi connectivity index (χ3n) is 3.30. The zero-order valence-electron chi connectivity index (χ0n) is 15.7. The molecule has 0 unspecified atom stereocenters. The molecule has 0 aliphatic rings. The van der Waals surface area contributed by atoms with Gasteiger partial charge in [0.25, 0.3) is 0 Å². The van der Waals surface area contributed by atoms with Crippen LogP contribution in [0.5, 0.6) is 0 Å². The third-order valence-corrected chi connectivity index (χ3v) is 4.61. The van der Waals surface area contributed by atoms with Crippen LogP contribution in [0.1, 0.15) is 27.7 Å². The van der Waals surface area contributed by atoms with E-state index in [4.69, 9.17) is 16.3 Å². The SMILES string of the molecule is C[C@@H](NC(=O)OC(C)(C)C)C(=O)Nc1ccc(Sc2ccccc2)cc1Cl. The van der Waals surface area contributed by atoms with Gasteiger partial charge < -0.3 is 15.4 Å². The molecule has 0 saturated carbocycles. The maximum absolute atomic E-state index is 12.3. The van der Waals surface area contributed by atoms with Crippen LogP contribution in [0, 0.1) is 0 Å². The Bertz CT molecular complexity index is 807. The van der Waals surface area contributed by atoms with Crippen molar-refractivity contribution in [1.82, 2.24) is 5.32 Å². The Hall–Kier alpha value is -2.18. The van der Waals surface area contributed by atoms with Crippen molar-refractivity contribution in [2.75, 3.05) is 5.32 Å². The second-order valence-electron chi connectivity index (χ2n) is 6.91. The van der Waals surface area contributed by atoms with Crippen LogP contribution < -0.4 is 10.6 Å². The van der Waals surface area contributed by atoms with Crippen molar-refractivity contribution in [1.29, 1.82) is 0 Å². The fourth-order valence-corrected chi connectivity index (χ4v) is 3.25. The minimum atomic E-state index is -0.769. The maximum Gasteiger partial charge on any atom is 0.408 e. The van der Waals surface area contributed by atoms with E-state index in [0.717, 1.165) is 9.79 Å². The van der Waals surface area contributed by atoms with E-state index in [-0.39, 0.29) is 5.91 Å². The Balaban J connectivity index is 1.96. The van der Waals surface area contributed by atoms with Gasteiger partial charge in [-0.2, -0.15) is 0 Å². The zero-order chi connectivity index (χ0) is 20.0. The first-order valence-electron chi connectivity index (χ1n) is 8.47. The number of nitrogens with one attached hydrogen (secondary N) is 2. The quantitative estimate of drug-likeness (QED) is 0.702. The summed E-state index contributed by atoms with van der Waals surface area (Å²) in [6, 6.07) is 14.6. The summed E-state index contributed by atoms with van der Waals surface area (Å²) in [6.07, 6.45) is -0.647. The monoisotopic (exact) mass is 406 g/mol. The number of halogens is 1. The molecular formula is C20H23ClN2O3S. The minimum absolute atomic E-state index is 0.383. The van der Waals surface area contributed by atoms with Gasteiger partial charge in [-0.05, 0) is 58.0 Å². The van der Waals surface area contributed by atoms with Crippen LogP contribution in [-0.4, -0.2) is 23.6 Å². The van der Waals surface area contributed by atoms with Gasteiger partial charge in [0, 0.05) is 9.79 Å². The normalized spacial score (nSPS) is 12.2. The lowest BCUT2D eigenvalue weighted by atomic mass is 10.2. The predicted molar refractivity (Wildman–Crippen MR) is 109 cm³/mol. The zero-order valence-corrected chi connectivity index (χ0v) is 17.3. The van der Waals surface area contributed by atoms with E-state index in [1.165, 1.54) is 0 Å². The molecule has 2 N–H and O–H groups in total. The second-order valence-corrected chi connectivity index (χ2v) is 8.47. The number of carbonyl (C=O) groups is 2. The maximum atomic E-state index is 12.3. The Morgan fingerprint density at radius 2 is 1.74 bits per heavy atom. The van der Waals surface area contributed by atoms with Crippen molar-refractivity contribution in [2.45, 2.75) is 49.1 Å². The van der Waals surface area contributed by atoms with Gasteiger partial charge >= 0.3 is 6.09 Å². The van der Waals surface area contributed by atoms with Crippen LogP contribution >= 0.6 is 23.4 Å². The van der Waals surface area contributed by atoms with E-state index in [9.17, 15) is 9.59 Å².